The molecule has 0 aromatic heterocycles. The topological polar surface area (TPSA) is 35.9 Å². The van der Waals surface area contributed by atoms with E-state index in [0.29, 0.717) is 17.2 Å². The molecule has 0 amide bonds. The Bertz CT molecular complexity index is 1320. The fourth-order valence-corrected chi connectivity index (χ4v) is 6.33. The standard InChI is InChI=1S/C34H39ClN2O2/c1-3-4-19-34(38,25-26-15-17-30-29(24-26)16-18-31(39-2)32(30)35)37-22-20-36(21-23-37)33(27-11-7-5-8-12-27)28-13-9-6-10-14-28/h5-18,24,33,38H,3-4,19-23,25H2,1-2H3. The summed E-state index contributed by atoms with van der Waals surface area (Å²) in [4.78, 5) is 4.88. The number of aliphatic hydroxyl groups is 1. The van der Waals surface area contributed by atoms with Gasteiger partial charge in [0.05, 0.1) is 18.2 Å². The van der Waals surface area contributed by atoms with E-state index in [4.69, 9.17) is 16.3 Å². The number of piperazine rings is 1. The molecule has 1 heterocycles. The van der Waals surface area contributed by atoms with Gasteiger partial charge in [0.1, 0.15) is 11.5 Å². The third kappa shape index (κ3) is 6.15. The maximum Gasteiger partial charge on any atom is 0.138 e. The zero-order valence-corrected chi connectivity index (χ0v) is 23.8. The van der Waals surface area contributed by atoms with E-state index in [9.17, 15) is 5.11 Å². The molecule has 0 spiro atoms. The molecule has 0 aliphatic carbocycles. The summed E-state index contributed by atoms with van der Waals surface area (Å²) in [6.45, 7) is 5.64. The summed E-state index contributed by atoms with van der Waals surface area (Å²) in [5.74, 6) is 0.679. The second-order valence-electron chi connectivity index (χ2n) is 10.6. The van der Waals surface area contributed by atoms with Crippen LogP contribution in [0.15, 0.2) is 91.0 Å². The van der Waals surface area contributed by atoms with Crippen LogP contribution in [-0.2, 0) is 6.42 Å². The van der Waals surface area contributed by atoms with Gasteiger partial charge >= 0.3 is 0 Å². The van der Waals surface area contributed by atoms with Gasteiger partial charge in [0.2, 0.25) is 0 Å². The minimum absolute atomic E-state index is 0.209. The van der Waals surface area contributed by atoms with Crippen LogP contribution >= 0.6 is 11.6 Å². The Hall–Kier alpha value is -2.89. The van der Waals surface area contributed by atoms with Crippen LogP contribution in [-0.4, -0.2) is 53.9 Å². The normalized spacial score (nSPS) is 16.4. The van der Waals surface area contributed by atoms with Crippen LogP contribution in [0.4, 0.5) is 0 Å². The largest absolute Gasteiger partial charge is 0.495 e. The number of fused-ring (bicyclic) bond motifs is 1. The maximum atomic E-state index is 12.1. The highest BCUT2D eigenvalue weighted by Gasteiger charge is 2.37. The van der Waals surface area contributed by atoms with Crippen LogP contribution in [0.3, 0.4) is 0 Å². The molecule has 0 saturated carbocycles. The molecule has 204 valence electrons. The second kappa shape index (κ2) is 12.5. The predicted octanol–water partition coefficient (Wildman–Crippen LogP) is 7.33. The van der Waals surface area contributed by atoms with Crippen molar-refractivity contribution in [3.05, 3.63) is 113 Å². The lowest BCUT2D eigenvalue weighted by Gasteiger charge is -2.47. The number of rotatable bonds is 10. The SMILES string of the molecule is CCCCC(O)(Cc1ccc2c(Cl)c(OC)ccc2c1)N1CCN(C(c2ccccc2)c2ccccc2)CC1. The molecule has 1 atom stereocenters. The summed E-state index contributed by atoms with van der Waals surface area (Å²) in [6, 6.07) is 32.0. The predicted molar refractivity (Wildman–Crippen MR) is 162 cm³/mol. The fraction of sp³-hybridized carbons (Fsp3) is 0.353. The van der Waals surface area contributed by atoms with Gasteiger partial charge in [-0.1, -0.05) is 110 Å². The van der Waals surface area contributed by atoms with Gasteiger partial charge in [-0.15, -0.1) is 0 Å². The van der Waals surface area contributed by atoms with Gasteiger partial charge in [0, 0.05) is 38.0 Å². The Balaban J connectivity index is 1.36. The number of nitrogens with zero attached hydrogens (tertiary/aromatic N) is 2. The molecule has 39 heavy (non-hydrogen) atoms. The number of unbranched alkanes of at least 4 members (excludes halogenated alkanes) is 1. The highest BCUT2D eigenvalue weighted by molar-refractivity contribution is 6.37. The van der Waals surface area contributed by atoms with Crippen molar-refractivity contribution in [2.75, 3.05) is 33.3 Å². The molecule has 5 rings (SSSR count). The maximum absolute atomic E-state index is 12.1. The van der Waals surface area contributed by atoms with Gasteiger partial charge < -0.3 is 9.84 Å². The van der Waals surface area contributed by atoms with Gasteiger partial charge in [-0.25, -0.2) is 0 Å². The van der Waals surface area contributed by atoms with Gasteiger partial charge in [-0.3, -0.25) is 9.80 Å². The number of ether oxygens (including phenoxy) is 1. The van der Waals surface area contributed by atoms with Crippen molar-refractivity contribution in [3.63, 3.8) is 0 Å². The van der Waals surface area contributed by atoms with Crippen LogP contribution in [0.5, 0.6) is 5.75 Å². The van der Waals surface area contributed by atoms with Gasteiger partial charge in [0.15, 0.2) is 0 Å². The Morgan fingerprint density at radius 1 is 0.872 bits per heavy atom. The molecule has 1 unspecified atom stereocenters. The minimum Gasteiger partial charge on any atom is -0.495 e. The van der Waals surface area contributed by atoms with Gasteiger partial charge in [0.25, 0.3) is 0 Å². The summed E-state index contributed by atoms with van der Waals surface area (Å²) in [7, 11) is 1.64. The number of benzene rings is 4. The van der Waals surface area contributed by atoms with Gasteiger partial charge in [-0.05, 0) is 41.0 Å². The van der Waals surface area contributed by atoms with Crippen LogP contribution in [0.1, 0.15) is 48.9 Å². The smallest absolute Gasteiger partial charge is 0.138 e. The first-order valence-corrected chi connectivity index (χ1v) is 14.5. The van der Waals surface area contributed by atoms with Crippen molar-refractivity contribution < 1.29 is 9.84 Å². The van der Waals surface area contributed by atoms with Crippen molar-refractivity contribution in [2.45, 2.75) is 44.4 Å². The van der Waals surface area contributed by atoms with E-state index in [0.717, 1.165) is 61.8 Å². The van der Waals surface area contributed by atoms with E-state index < -0.39 is 5.72 Å². The molecule has 1 aliphatic heterocycles. The Morgan fingerprint density at radius 3 is 2.10 bits per heavy atom. The fourth-order valence-electron chi connectivity index (χ4n) is 6.02. The third-order valence-corrected chi connectivity index (χ3v) is 8.51. The van der Waals surface area contributed by atoms with Crippen LogP contribution in [0, 0.1) is 0 Å². The molecule has 0 radical (unpaired) electrons. The average Bonchev–Trinajstić information content (AvgIpc) is 2.98. The molecule has 1 N–H and O–H groups in total. The van der Waals surface area contributed by atoms with E-state index in [1.54, 1.807) is 7.11 Å². The van der Waals surface area contributed by atoms with E-state index in [1.165, 1.54) is 11.1 Å². The number of halogens is 1. The summed E-state index contributed by atoms with van der Waals surface area (Å²) >= 11 is 6.56. The van der Waals surface area contributed by atoms with Crippen molar-refractivity contribution in [1.29, 1.82) is 0 Å². The first kappa shape index (κ1) is 27.7. The Labute approximate surface area is 237 Å². The zero-order valence-electron chi connectivity index (χ0n) is 23.0. The zero-order chi connectivity index (χ0) is 27.2. The lowest BCUT2D eigenvalue weighted by molar-refractivity contribution is -0.131. The first-order valence-electron chi connectivity index (χ1n) is 14.1. The summed E-state index contributed by atoms with van der Waals surface area (Å²) in [6.07, 6.45) is 3.39. The monoisotopic (exact) mass is 542 g/mol. The molecule has 1 saturated heterocycles. The molecule has 4 aromatic carbocycles. The third-order valence-electron chi connectivity index (χ3n) is 8.12. The number of hydrogen-bond acceptors (Lipinski definition) is 4. The first-order chi connectivity index (χ1) is 19.0. The van der Waals surface area contributed by atoms with Crippen LogP contribution < -0.4 is 4.74 Å². The van der Waals surface area contributed by atoms with E-state index in [-0.39, 0.29) is 6.04 Å². The number of methoxy groups -OCH3 is 1. The van der Waals surface area contributed by atoms with Gasteiger partial charge in [-0.2, -0.15) is 0 Å². The Kier molecular flexibility index (Phi) is 8.89. The molecule has 1 fully saturated rings. The molecule has 4 nitrogen and oxygen atoms in total. The summed E-state index contributed by atoms with van der Waals surface area (Å²) in [5.41, 5.74) is 2.85. The van der Waals surface area contributed by atoms with Crippen LogP contribution in [0.2, 0.25) is 5.02 Å². The molecule has 1 aliphatic rings. The van der Waals surface area contributed by atoms with E-state index in [1.807, 2.05) is 12.1 Å². The van der Waals surface area contributed by atoms with E-state index >= 15 is 0 Å². The van der Waals surface area contributed by atoms with Crippen LogP contribution in [0.25, 0.3) is 10.8 Å². The summed E-state index contributed by atoms with van der Waals surface area (Å²) in [5, 5.41) is 14.8. The van der Waals surface area contributed by atoms with Crippen molar-refractivity contribution in [2.24, 2.45) is 0 Å². The quantitative estimate of drug-likeness (QED) is 0.227. The van der Waals surface area contributed by atoms with Crippen molar-refractivity contribution >= 4 is 22.4 Å². The molecular weight excluding hydrogens is 504 g/mol. The molecule has 0 bridgehead atoms. The number of hydrogen-bond donors (Lipinski definition) is 1. The lowest BCUT2D eigenvalue weighted by Crippen LogP contribution is -2.58. The summed E-state index contributed by atoms with van der Waals surface area (Å²) < 4.78 is 5.39. The Morgan fingerprint density at radius 2 is 1.51 bits per heavy atom. The van der Waals surface area contributed by atoms with E-state index in [2.05, 4.69) is 95.6 Å². The molecular formula is C34H39ClN2O2. The second-order valence-corrected chi connectivity index (χ2v) is 11.0. The highest BCUT2D eigenvalue weighted by Crippen LogP contribution is 2.35. The molecule has 4 aromatic rings. The lowest BCUT2D eigenvalue weighted by atomic mass is 9.92. The molecule has 5 heteroatoms. The van der Waals surface area contributed by atoms with Crippen molar-refractivity contribution in [1.82, 2.24) is 9.80 Å². The average molecular weight is 543 g/mol. The highest BCUT2D eigenvalue weighted by atomic mass is 35.5. The minimum atomic E-state index is -0.888. The van der Waals surface area contributed by atoms with Crippen molar-refractivity contribution in [3.8, 4) is 5.75 Å².